The molecule has 0 spiro atoms. The normalized spacial score (nSPS) is 13.0. The van der Waals surface area contributed by atoms with Gasteiger partial charge in [-0.2, -0.15) is 5.26 Å². The van der Waals surface area contributed by atoms with Crippen LogP contribution in [0.25, 0.3) is 12.2 Å². The van der Waals surface area contributed by atoms with Gasteiger partial charge in [0.15, 0.2) is 0 Å². The molecular weight excluding hydrogens is 252 g/mol. The maximum absolute atomic E-state index is 11.9. The minimum Gasteiger partial charge on any atom is -0.301 e. The zero-order valence-corrected chi connectivity index (χ0v) is 11.1. The summed E-state index contributed by atoms with van der Waals surface area (Å²) in [6.07, 6.45) is 3.28. The standard InChI is InChI=1S/C12H10N2OS2/c1-8-4-6-16-9(8)7-10-12(15)14(2)11(17-10)3-5-13/h3-4,6-7H,1-2H3/b10-7-,11-3-. The number of rotatable bonds is 1. The molecule has 5 heteroatoms. The number of nitriles is 1. The molecule has 0 amide bonds. The lowest BCUT2D eigenvalue weighted by Gasteiger charge is -1.86. The zero-order valence-electron chi connectivity index (χ0n) is 9.43. The highest BCUT2D eigenvalue weighted by atomic mass is 32.1. The topological polar surface area (TPSA) is 45.8 Å². The van der Waals surface area contributed by atoms with Crippen LogP contribution in [0.15, 0.2) is 16.2 Å². The maximum atomic E-state index is 11.9. The van der Waals surface area contributed by atoms with E-state index in [1.807, 2.05) is 30.5 Å². The van der Waals surface area contributed by atoms with E-state index in [0.717, 1.165) is 10.4 Å². The van der Waals surface area contributed by atoms with Crippen molar-refractivity contribution in [2.45, 2.75) is 6.92 Å². The molecule has 0 unspecified atom stereocenters. The second kappa shape index (κ2) is 4.70. The summed E-state index contributed by atoms with van der Waals surface area (Å²) in [5, 5.41) is 10.6. The molecule has 0 aliphatic rings. The van der Waals surface area contributed by atoms with Crippen LogP contribution < -0.4 is 14.8 Å². The lowest BCUT2D eigenvalue weighted by molar-refractivity contribution is 0.857. The fourth-order valence-electron chi connectivity index (χ4n) is 1.41. The Bertz CT molecular complexity index is 756. The van der Waals surface area contributed by atoms with Crippen LogP contribution in [-0.2, 0) is 7.05 Å². The molecule has 3 nitrogen and oxygen atoms in total. The van der Waals surface area contributed by atoms with Gasteiger partial charge in [-0.05, 0) is 30.0 Å². The van der Waals surface area contributed by atoms with Crippen LogP contribution in [0.1, 0.15) is 10.4 Å². The number of hydrogen-bond acceptors (Lipinski definition) is 4. The van der Waals surface area contributed by atoms with Crippen LogP contribution >= 0.6 is 22.7 Å². The Morgan fingerprint density at radius 3 is 2.88 bits per heavy atom. The van der Waals surface area contributed by atoms with E-state index >= 15 is 0 Å². The summed E-state index contributed by atoms with van der Waals surface area (Å²) in [4.78, 5) is 13.0. The first-order chi connectivity index (χ1) is 8.13. The maximum Gasteiger partial charge on any atom is 0.268 e. The van der Waals surface area contributed by atoms with Crippen LogP contribution in [0.3, 0.4) is 0 Å². The van der Waals surface area contributed by atoms with E-state index in [4.69, 9.17) is 5.26 Å². The van der Waals surface area contributed by atoms with E-state index in [1.54, 1.807) is 18.4 Å². The SMILES string of the molecule is Cc1ccsc1/C=c1\s/c(=C\C#N)n(C)c1=O. The summed E-state index contributed by atoms with van der Waals surface area (Å²) in [6, 6.07) is 3.97. The first kappa shape index (κ1) is 11.8. The van der Waals surface area contributed by atoms with E-state index in [9.17, 15) is 4.79 Å². The lowest BCUT2D eigenvalue weighted by Crippen LogP contribution is -2.28. The molecule has 0 atom stereocenters. The predicted molar refractivity (Wildman–Crippen MR) is 71.5 cm³/mol. The molecule has 0 radical (unpaired) electrons. The molecular formula is C12H10N2OS2. The summed E-state index contributed by atoms with van der Waals surface area (Å²) in [5.41, 5.74) is 1.11. The fraction of sp³-hybridized carbons (Fsp3) is 0.167. The van der Waals surface area contributed by atoms with Gasteiger partial charge in [0.05, 0.1) is 10.6 Å². The van der Waals surface area contributed by atoms with Crippen LogP contribution in [0.2, 0.25) is 0 Å². The molecule has 2 aromatic heterocycles. The van der Waals surface area contributed by atoms with Gasteiger partial charge in [0.2, 0.25) is 0 Å². The Kier molecular flexibility index (Phi) is 3.27. The van der Waals surface area contributed by atoms with Crippen molar-refractivity contribution in [3.63, 3.8) is 0 Å². The third kappa shape index (κ3) is 2.23. The number of thiophene rings is 1. The summed E-state index contributed by atoms with van der Waals surface area (Å²) in [5.74, 6) is 0. The molecule has 0 fully saturated rings. The highest BCUT2D eigenvalue weighted by Gasteiger charge is 2.01. The number of nitrogens with zero attached hydrogens (tertiary/aromatic N) is 2. The zero-order chi connectivity index (χ0) is 12.4. The smallest absolute Gasteiger partial charge is 0.268 e. The number of aryl methyl sites for hydroxylation is 1. The molecule has 0 saturated heterocycles. The highest BCUT2D eigenvalue weighted by Crippen LogP contribution is 2.15. The Balaban J connectivity index is 2.72. The van der Waals surface area contributed by atoms with Crippen molar-refractivity contribution in [2.75, 3.05) is 0 Å². The Morgan fingerprint density at radius 1 is 1.53 bits per heavy atom. The largest absolute Gasteiger partial charge is 0.301 e. The third-order valence-corrected chi connectivity index (χ3v) is 4.49. The molecule has 2 rings (SSSR count). The Hall–Kier alpha value is -1.64. The van der Waals surface area contributed by atoms with Gasteiger partial charge in [-0.1, -0.05) is 0 Å². The quantitative estimate of drug-likeness (QED) is 0.768. The average molecular weight is 262 g/mol. The van der Waals surface area contributed by atoms with Gasteiger partial charge in [-0.15, -0.1) is 22.7 Å². The van der Waals surface area contributed by atoms with Gasteiger partial charge < -0.3 is 4.57 Å². The van der Waals surface area contributed by atoms with Crippen LogP contribution in [0.4, 0.5) is 0 Å². The van der Waals surface area contributed by atoms with Gasteiger partial charge in [-0.25, -0.2) is 0 Å². The predicted octanol–water partition coefficient (Wildman–Crippen LogP) is 0.950. The number of aromatic nitrogens is 1. The van der Waals surface area contributed by atoms with Gasteiger partial charge in [0.1, 0.15) is 4.66 Å². The summed E-state index contributed by atoms with van der Waals surface area (Å²) < 4.78 is 2.85. The minimum absolute atomic E-state index is 0.0516. The fourth-order valence-corrected chi connectivity index (χ4v) is 3.31. The summed E-state index contributed by atoms with van der Waals surface area (Å²) in [7, 11) is 1.68. The van der Waals surface area contributed by atoms with Crippen molar-refractivity contribution in [1.82, 2.24) is 4.57 Å². The number of thiazole rings is 1. The van der Waals surface area contributed by atoms with Crippen molar-refractivity contribution < 1.29 is 0 Å². The van der Waals surface area contributed by atoms with Crippen LogP contribution in [0.5, 0.6) is 0 Å². The van der Waals surface area contributed by atoms with Gasteiger partial charge in [-0.3, -0.25) is 4.79 Å². The number of hydrogen-bond donors (Lipinski definition) is 0. The first-order valence-corrected chi connectivity index (χ1v) is 6.64. The molecule has 0 aliphatic carbocycles. The molecule has 0 saturated carbocycles. The molecule has 17 heavy (non-hydrogen) atoms. The molecule has 2 aromatic rings. The first-order valence-electron chi connectivity index (χ1n) is 4.95. The molecule has 0 bridgehead atoms. The second-order valence-corrected chi connectivity index (χ2v) is 5.56. The Morgan fingerprint density at radius 2 is 2.29 bits per heavy atom. The summed E-state index contributed by atoms with van der Waals surface area (Å²) in [6.45, 7) is 2.02. The monoisotopic (exact) mass is 262 g/mol. The van der Waals surface area contributed by atoms with Crippen LogP contribution in [0, 0.1) is 18.3 Å². The average Bonchev–Trinajstić information content (AvgIpc) is 2.81. The van der Waals surface area contributed by atoms with Crippen molar-refractivity contribution in [3.8, 4) is 6.07 Å². The van der Waals surface area contributed by atoms with E-state index in [0.29, 0.717) is 9.20 Å². The van der Waals surface area contributed by atoms with Gasteiger partial charge in [0.25, 0.3) is 5.56 Å². The third-order valence-electron chi connectivity index (χ3n) is 2.41. The van der Waals surface area contributed by atoms with Gasteiger partial charge >= 0.3 is 0 Å². The van der Waals surface area contributed by atoms with E-state index in [1.165, 1.54) is 22.0 Å². The molecule has 0 N–H and O–H groups in total. The van der Waals surface area contributed by atoms with Crippen molar-refractivity contribution in [3.05, 3.63) is 41.4 Å². The van der Waals surface area contributed by atoms with Gasteiger partial charge in [0, 0.05) is 18.0 Å². The van der Waals surface area contributed by atoms with Crippen LogP contribution in [-0.4, -0.2) is 4.57 Å². The minimum atomic E-state index is -0.0516. The molecule has 0 aliphatic heterocycles. The van der Waals surface area contributed by atoms with E-state index in [2.05, 4.69) is 0 Å². The van der Waals surface area contributed by atoms with Crippen molar-refractivity contribution in [2.24, 2.45) is 7.05 Å². The van der Waals surface area contributed by atoms with E-state index in [-0.39, 0.29) is 5.56 Å². The van der Waals surface area contributed by atoms with E-state index < -0.39 is 0 Å². The molecule has 2 heterocycles. The lowest BCUT2D eigenvalue weighted by atomic mass is 10.3. The van der Waals surface area contributed by atoms with Crippen molar-refractivity contribution in [1.29, 1.82) is 5.26 Å². The highest BCUT2D eigenvalue weighted by molar-refractivity contribution is 7.11. The second-order valence-electron chi connectivity index (χ2n) is 3.55. The molecule has 0 aromatic carbocycles. The molecule has 86 valence electrons. The Labute approximate surface area is 106 Å². The summed E-state index contributed by atoms with van der Waals surface area (Å²) >= 11 is 2.95. The van der Waals surface area contributed by atoms with Crippen molar-refractivity contribution >= 4 is 34.8 Å².